The van der Waals surface area contributed by atoms with Gasteiger partial charge in [-0.2, -0.15) is 0 Å². The van der Waals surface area contributed by atoms with Crippen LogP contribution in [0.2, 0.25) is 25.7 Å². The molecular weight excluding hydrogens is 403 g/mol. The molecule has 0 heterocycles. The maximum atomic E-state index is 12.2. The van der Waals surface area contributed by atoms with E-state index < -0.39 is 25.4 Å². The summed E-state index contributed by atoms with van der Waals surface area (Å²) in [5.41, 5.74) is 0.783. The van der Waals surface area contributed by atoms with Crippen molar-refractivity contribution in [3.63, 3.8) is 0 Å². The van der Waals surface area contributed by atoms with Crippen molar-refractivity contribution in [2.75, 3.05) is 14.2 Å². The second-order valence-electron chi connectivity index (χ2n) is 7.64. The molecule has 0 N–H and O–H groups in total. The number of hydrogen-bond acceptors (Lipinski definition) is 4. The zero-order valence-corrected chi connectivity index (χ0v) is 19.2. The molecule has 2 aliphatic carbocycles. The van der Waals surface area contributed by atoms with Gasteiger partial charge in [-0.25, -0.2) is 0 Å². The first kappa shape index (κ1) is 25.6. The first-order valence-corrected chi connectivity index (χ1v) is 12.7. The van der Waals surface area contributed by atoms with Crippen LogP contribution in [0, 0.1) is 11.8 Å². The summed E-state index contributed by atoms with van der Waals surface area (Å²) in [5, 5.41) is 0. The SMILES string of the molecule is CCCC1=CC(C(=O)OC)(C(=O)OC)C=C1C[Si](C)(C)C.[CH]1C=CC=C1.[Co]. The Kier molecular flexibility index (Phi) is 10.9. The second kappa shape index (κ2) is 11.5. The zero-order chi connectivity index (χ0) is 19.8. The largest absolute Gasteiger partial charge is 0.468 e. The molecule has 0 amide bonds. The molecule has 2 radical (unpaired) electrons. The summed E-state index contributed by atoms with van der Waals surface area (Å²) in [7, 11) is 1.23. The Balaban J connectivity index is 0.000000969. The van der Waals surface area contributed by atoms with E-state index in [9.17, 15) is 9.59 Å². The van der Waals surface area contributed by atoms with E-state index in [0.29, 0.717) is 0 Å². The Morgan fingerprint density at radius 2 is 1.41 bits per heavy atom. The van der Waals surface area contributed by atoms with Crippen LogP contribution >= 0.6 is 0 Å². The molecule has 0 saturated heterocycles. The third-order valence-corrected chi connectivity index (χ3v) is 5.50. The van der Waals surface area contributed by atoms with Gasteiger partial charge in [0, 0.05) is 31.3 Å². The molecule has 27 heavy (non-hydrogen) atoms. The Bertz CT molecular complexity index is 613. The van der Waals surface area contributed by atoms with Gasteiger partial charge in [0.1, 0.15) is 0 Å². The molecule has 0 spiro atoms. The van der Waals surface area contributed by atoms with Crippen LogP contribution in [-0.4, -0.2) is 34.2 Å². The van der Waals surface area contributed by atoms with Gasteiger partial charge in [-0.1, -0.05) is 57.3 Å². The average Bonchev–Trinajstić information content (AvgIpc) is 3.25. The minimum Gasteiger partial charge on any atom is -0.468 e. The van der Waals surface area contributed by atoms with Gasteiger partial charge >= 0.3 is 11.9 Å². The molecule has 0 bridgehead atoms. The summed E-state index contributed by atoms with van der Waals surface area (Å²) in [6.07, 6.45) is 15.3. The molecule has 6 heteroatoms. The maximum Gasteiger partial charge on any atom is 0.331 e. The van der Waals surface area contributed by atoms with Crippen LogP contribution in [-0.2, 0) is 35.8 Å². The first-order valence-electron chi connectivity index (χ1n) is 8.97. The van der Waals surface area contributed by atoms with Gasteiger partial charge < -0.3 is 9.47 Å². The van der Waals surface area contributed by atoms with Crippen LogP contribution in [0.1, 0.15) is 19.8 Å². The number of hydrogen-bond donors (Lipinski definition) is 0. The van der Waals surface area contributed by atoms with E-state index >= 15 is 0 Å². The predicted molar refractivity (Wildman–Crippen MR) is 108 cm³/mol. The maximum absolute atomic E-state index is 12.2. The molecule has 2 rings (SSSR count). The van der Waals surface area contributed by atoms with Crippen LogP contribution in [0.15, 0.2) is 47.6 Å². The number of methoxy groups -OCH3 is 2. The van der Waals surface area contributed by atoms with Crippen molar-refractivity contribution in [1.82, 2.24) is 0 Å². The first-order chi connectivity index (χ1) is 12.2. The van der Waals surface area contributed by atoms with Crippen molar-refractivity contribution in [1.29, 1.82) is 0 Å². The number of ether oxygens (including phenoxy) is 2. The summed E-state index contributed by atoms with van der Waals surface area (Å²) in [4.78, 5) is 24.4. The summed E-state index contributed by atoms with van der Waals surface area (Å²) in [6, 6.07) is 0.939. The van der Waals surface area contributed by atoms with E-state index in [4.69, 9.17) is 9.47 Å². The van der Waals surface area contributed by atoms with Crippen LogP contribution in [0.25, 0.3) is 0 Å². The molecule has 0 aromatic rings. The van der Waals surface area contributed by atoms with E-state index in [1.54, 1.807) is 12.2 Å². The van der Waals surface area contributed by atoms with Crippen LogP contribution < -0.4 is 0 Å². The van der Waals surface area contributed by atoms with Crippen molar-refractivity contribution in [3.05, 3.63) is 54.0 Å². The standard InChI is InChI=1S/C16H26O4Si.C5H5.Co/c1-7-8-12-9-16(14(17)19-2,15(18)20-3)10-13(12)11-21(4,5)6;1-2-4-5-3-1;/h9-10H,7-8,11H2,1-6H3;1-5H;. The Labute approximate surface area is 175 Å². The molecule has 4 nitrogen and oxygen atoms in total. The van der Waals surface area contributed by atoms with Crippen LogP contribution in [0.5, 0.6) is 0 Å². The van der Waals surface area contributed by atoms with Gasteiger partial charge in [-0.3, -0.25) is 9.59 Å². The number of carbonyl (C=O) groups excluding carboxylic acids is 2. The van der Waals surface area contributed by atoms with Gasteiger partial charge in [0.25, 0.3) is 0 Å². The minimum atomic E-state index is -1.40. The Morgan fingerprint density at radius 3 is 1.74 bits per heavy atom. The minimum absolute atomic E-state index is 0. The van der Waals surface area contributed by atoms with Crippen molar-refractivity contribution < 1.29 is 35.8 Å². The van der Waals surface area contributed by atoms with E-state index in [1.807, 2.05) is 30.7 Å². The molecular formula is C21H31CoO4Si. The molecule has 0 aliphatic heterocycles. The van der Waals surface area contributed by atoms with Gasteiger partial charge in [-0.15, -0.1) is 0 Å². The Morgan fingerprint density at radius 1 is 0.926 bits per heavy atom. The monoisotopic (exact) mass is 434 g/mol. The fourth-order valence-corrected chi connectivity index (χ4v) is 4.46. The molecule has 152 valence electrons. The van der Waals surface area contributed by atoms with Gasteiger partial charge in [0.05, 0.1) is 14.2 Å². The molecule has 0 aromatic heterocycles. The molecule has 0 atom stereocenters. The van der Waals surface area contributed by atoms with E-state index in [2.05, 4.69) is 26.6 Å². The molecule has 0 aromatic carbocycles. The summed E-state index contributed by atoms with van der Waals surface area (Å²) < 4.78 is 9.70. The molecule has 0 unspecified atom stereocenters. The van der Waals surface area contributed by atoms with Crippen molar-refractivity contribution in [2.24, 2.45) is 5.41 Å². The van der Waals surface area contributed by atoms with Gasteiger partial charge in [0.2, 0.25) is 5.41 Å². The second-order valence-corrected chi connectivity index (χ2v) is 13.1. The van der Waals surface area contributed by atoms with Gasteiger partial charge in [-0.05, 0) is 35.8 Å². The average molecular weight is 434 g/mol. The number of carbonyl (C=O) groups is 2. The van der Waals surface area contributed by atoms with E-state index in [0.717, 1.165) is 30.0 Å². The van der Waals surface area contributed by atoms with E-state index in [-0.39, 0.29) is 16.8 Å². The Hall–Kier alpha value is -1.38. The van der Waals surface area contributed by atoms with Gasteiger partial charge in [0.15, 0.2) is 0 Å². The topological polar surface area (TPSA) is 52.6 Å². The molecule has 0 fully saturated rings. The number of allylic oxidation sites excluding steroid dienone is 6. The quantitative estimate of drug-likeness (QED) is 0.347. The van der Waals surface area contributed by atoms with Crippen molar-refractivity contribution in [3.8, 4) is 0 Å². The third-order valence-electron chi connectivity index (χ3n) is 4.06. The predicted octanol–water partition coefficient (Wildman–Crippen LogP) is 4.64. The fourth-order valence-electron chi connectivity index (χ4n) is 2.99. The normalized spacial score (nSPS) is 16.5. The summed E-state index contributed by atoms with van der Waals surface area (Å²) in [6.45, 7) is 8.90. The summed E-state index contributed by atoms with van der Waals surface area (Å²) >= 11 is 0. The molecule has 0 saturated carbocycles. The summed E-state index contributed by atoms with van der Waals surface area (Å²) in [5.74, 6) is -1.15. The number of rotatable bonds is 6. The van der Waals surface area contributed by atoms with Crippen LogP contribution in [0.4, 0.5) is 0 Å². The smallest absolute Gasteiger partial charge is 0.331 e. The third kappa shape index (κ3) is 7.27. The zero-order valence-electron chi connectivity index (χ0n) is 17.1. The fraction of sp³-hybridized carbons (Fsp3) is 0.476. The van der Waals surface area contributed by atoms with Crippen LogP contribution in [0.3, 0.4) is 0 Å². The molecule has 2 aliphatic rings. The van der Waals surface area contributed by atoms with Crippen molar-refractivity contribution >= 4 is 20.0 Å². The van der Waals surface area contributed by atoms with Crippen molar-refractivity contribution in [2.45, 2.75) is 45.5 Å². The number of esters is 2. The van der Waals surface area contributed by atoms with E-state index in [1.165, 1.54) is 14.2 Å².